The van der Waals surface area contributed by atoms with E-state index in [0.29, 0.717) is 39.0 Å². The number of carbonyl (C=O) groups excluding carboxylic acids is 1. The third-order valence-electron chi connectivity index (χ3n) is 8.68. The SMILES string of the molecule is O=C(C(Cc1[nH]ncc1I)N1CCN(c2ccc(F)cc2)CC1)C(Cc1[nH]ncc1I)N1CCN(c2ccc(F)cc2)CC1. The molecule has 2 aliphatic heterocycles. The molecule has 6 rings (SSSR count). The number of anilines is 2. The fourth-order valence-corrected chi connectivity index (χ4v) is 7.16. The number of rotatable bonds is 10. The first kappa shape index (κ1) is 31.4. The summed E-state index contributed by atoms with van der Waals surface area (Å²) in [5, 5.41) is 14.7. The summed E-state index contributed by atoms with van der Waals surface area (Å²) in [6.45, 7) is 5.83. The Bertz CT molecular complexity index is 1420. The van der Waals surface area contributed by atoms with Gasteiger partial charge in [-0.25, -0.2) is 8.78 Å². The molecule has 2 aromatic carbocycles. The summed E-state index contributed by atoms with van der Waals surface area (Å²) in [7, 11) is 0. The van der Waals surface area contributed by atoms with Gasteiger partial charge in [-0.15, -0.1) is 0 Å². The number of aromatic nitrogens is 4. The smallest absolute Gasteiger partial charge is 0.167 e. The zero-order valence-corrected chi connectivity index (χ0v) is 28.4. The lowest BCUT2D eigenvalue weighted by atomic mass is 9.93. The van der Waals surface area contributed by atoms with Crippen molar-refractivity contribution in [3.63, 3.8) is 0 Å². The first-order chi connectivity index (χ1) is 21.4. The molecule has 0 radical (unpaired) electrons. The van der Waals surface area contributed by atoms with Gasteiger partial charge in [-0.3, -0.25) is 24.8 Å². The molecule has 0 aliphatic carbocycles. The normalized spacial score (nSPS) is 18.0. The van der Waals surface area contributed by atoms with Crippen LogP contribution in [0.15, 0.2) is 60.9 Å². The number of Topliss-reactive ketones (excluding diaryl/α,β-unsaturated/α-hetero) is 1. The van der Waals surface area contributed by atoms with Gasteiger partial charge in [0.25, 0.3) is 0 Å². The lowest BCUT2D eigenvalue weighted by Gasteiger charge is -2.43. The van der Waals surface area contributed by atoms with Crippen molar-refractivity contribution in [3.05, 3.63) is 91.1 Å². The predicted octanol–water partition coefficient (Wildman–Crippen LogP) is 4.36. The van der Waals surface area contributed by atoms with Crippen LogP contribution in [0, 0.1) is 18.8 Å². The van der Waals surface area contributed by atoms with Crippen molar-refractivity contribution >= 4 is 62.3 Å². The molecule has 2 unspecified atom stereocenters. The minimum absolute atomic E-state index is 0.186. The maximum atomic E-state index is 14.8. The molecule has 0 spiro atoms. The van der Waals surface area contributed by atoms with E-state index in [4.69, 9.17) is 0 Å². The maximum absolute atomic E-state index is 14.8. The van der Waals surface area contributed by atoms with Gasteiger partial charge in [0, 0.05) is 76.6 Å². The van der Waals surface area contributed by atoms with Gasteiger partial charge >= 0.3 is 0 Å². The van der Waals surface area contributed by atoms with Crippen LogP contribution in [-0.2, 0) is 17.6 Å². The topological polar surface area (TPSA) is 87.4 Å². The van der Waals surface area contributed by atoms with Gasteiger partial charge in [-0.05, 0) is 93.7 Å². The molecule has 232 valence electrons. The van der Waals surface area contributed by atoms with Crippen LogP contribution in [0.4, 0.5) is 20.2 Å². The summed E-state index contributed by atoms with van der Waals surface area (Å²) < 4.78 is 29.1. The second-order valence-corrected chi connectivity index (χ2v) is 13.6. The summed E-state index contributed by atoms with van der Waals surface area (Å²) in [5.41, 5.74) is 3.90. The van der Waals surface area contributed by atoms with Crippen LogP contribution in [0.2, 0.25) is 0 Å². The van der Waals surface area contributed by atoms with E-state index in [2.05, 4.69) is 85.2 Å². The Hall–Kier alpha value is -2.63. The van der Waals surface area contributed by atoms with Gasteiger partial charge in [0.2, 0.25) is 0 Å². The van der Waals surface area contributed by atoms with E-state index in [-0.39, 0.29) is 29.5 Å². The van der Waals surface area contributed by atoms with Crippen molar-refractivity contribution < 1.29 is 13.6 Å². The van der Waals surface area contributed by atoms with Crippen LogP contribution >= 0.6 is 45.2 Å². The van der Waals surface area contributed by atoms with Crippen molar-refractivity contribution in [2.24, 2.45) is 0 Å². The number of nitrogens with zero attached hydrogens (tertiary/aromatic N) is 6. The van der Waals surface area contributed by atoms with Gasteiger partial charge in [0.15, 0.2) is 5.78 Å². The van der Waals surface area contributed by atoms with E-state index >= 15 is 0 Å². The van der Waals surface area contributed by atoms with Crippen LogP contribution in [0.5, 0.6) is 0 Å². The lowest BCUT2D eigenvalue weighted by Crippen LogP contribution is -2.60. The molecule has 2 aromatic heterocycles. The van der Waals surface area contributed by atoms with E-state index in [1.54, 1.807) is 12.4 Å². The average Bonchev–Trinajstić information content (AvgIpc) is 3.65. The number of carbonyl (C=O) groups is 1. The molecule has 2 aliphatic rings. The second kappa shape index (κ2) is 14.2. The van der Waals surface area contributed by atoms with Crippen LogP contribution < -0.4 is 9.80 Å². The van der Waals surface area contributed by atoms with Crippen LogP contribution in [0.3, 0.4) is 0 Å². The zero-order valence-electron chi connectivity index (χ0n) is 24.1. The summed E-state index contributed by atoms with van der Waals surface area (Å²) in [6, 6.07) is 12.5. The van der Waals surface area contributed by atoms with Gasteiger partial charge in [0.1, 0.15) is 11.6 Å². The van der Waals surface area contributed by atoms with Crippen molar-refractivity contribution in [1.82, 2.24) is 30.2 Å². The standard InChI is InChI=1S/C31H34F2I2N8O/c32-21-1-5-23(6-2-21)40-9-13-42(14-10-40)29(17-27-25(34)19-36-38-27)31(44)30(18-28-26(35)20-37-39-28)43-15-11-41(12-16-43)24-7-3-22(33)4-8-24/h1-8,19-20,29-30H,9-18H2,(H,36,38)(H,37,39). The number of ketones is 1. The third-order valence-corrected chi connectivity index (χ3v) is 10.5. The molecule has 2 saturated heterocycles. The van der Waals surface area contributed by atoms with E-state index in [1.807, 2.05) is 24.3 Å². The highest BCUT2D eigenvalue weighted by Gasteiger charge is 2.38. The summed E-state index contributed by atoms with van der Waals surface area (Å²) in [4.78, 5) is 23.9. The Morgan fingerprint density at radius 2 is 1.02 bits per heavy atom. The lowest BCUT2D eigenvalue weighted by molar-refractivity contribution is -0.130. The van der Waals surface area contributed by atoms with Crippen molar-refractivity contribution in [1.29, 1.82) is 0 Å². The Morgan fingerprint density at radius 1 is 0.659 bits per heavy atom. The summed E-state index contributed by atoms with van der Waals surface area (Å²) >= 11 is 4.55. The molecule has 9 nitrogen and oxygen atoms in total. The molecule has 13 heteroatoms. The summed E-state index contributed by atoms with van der Waals surface area (Å²) in [5.74, 6) is -0.307. The van der Waals surface area contributed by atoms with Crippen molar-refractivity contribution in [2.45, 2.75) is 24.9 Å². The molecule has 0 bridgehead atoms. The molecular formula is C31H34F2I2N8O. The molecule has 44 heavy (non-hydrogen) atoms. The van der Waals surface area contributed by atoms with E-state index in [1.165, 1.54) is 24.3 Å². The van der Waals surface area contributed by atoms with E-state index < -0.39 is 0 Å². The molecule has 4 aromatic rings. The number of benzene rings is 2. The third kappa shape index (κ3) is 7.26. The first-order valence-corrected chi connectivity index (χ1v) is 16.9. The largest absolute Gasteiger partial charge is 0.369 e. The fourth-order valence-electron chi connectivity index (χ4n) is 6.20. The number of hydrogen-bond donors (Lipinski definition) is 2. The quantitative estimate of drug-likeness (QED) is 0.230. The molecule has 4 heterocycles. The molecular weight excluding hydrogens is 792 g/mol. The molecule has 0 amide bonds. The Balaban J connectivity index is 1.23. The molecule has 2 fully saturated rings. The highest BCUT2D eigenvalue weighted by Crippen LogP contribution is 2.25. The number of nitrogens with one attached hydrogen (secondary N) is 2. The van der Waals surface area contributed by atoms with E-state index in [9.17, 15) is 13.6 Å². The van der Waals surface area contributed by atoms with Crippen LogP contribution in [0.1, 0.15) is 11.4 Å². The van der Waals surface area contributed by atoms with Crippen LogP contribution in [0.25, 0.3) is 0 Å². The van der Waals surface area contributed by atoms with Gasteiger partial charge in [-0.2, -0.15) is 10.2 Å². The highest BCUT2D eigenvalue weighted by atomic mass is 127. The highest BCUT2D eigenvalue weighted by molar-refractivity contribution is 14.1. The van der Waals surface area contributed by atoms with Crippen molar-refractivity contribution in [3.8, 4) is 0 Å². The number of H-pyrrole nitrogens is 2. The molecule has 2 N–H and O–H groups in total. The average molecular weight is 826 g/mol. The minimum Gasteiger partial charge on any atom is -0.369 e. The second-order valence-electron chi connectivity index (χ2n) is 11.2. The predicted molar refractivity (Wildman–Crippen MR) is 183 cm³/mol. The summed E-state index contributed by atoms with van der Waals surface area (Å²) in [6.07, 6.45) is 4.67. The number of piperazine rings is 2. The van der Waals surface area contributed by atoms with Gasteiger partial charge in [-0.1, -0.05) is 0 Å². The molecule has 0 saturated carbocycles. The zero-order chi connectivity index (χ0) is 30.6. The number of hydrogen-bond acceptors (Lipinski definition) is 7. The Morgan fingerprint density at radius 3 is 1.34 bits per heavy atom. The monoisotopic (exact) mass is 826 g/mol. The first-order valence-electron chi connectivity index (χ1n) is 14.7. The van der Waals surface area contributed by atoms with Crippen LogP contribution in [-0.4, -0.2) is 100 Å². The minimum atomic E-state index is -0.347. The number of aromatic amines is 2. The fraction of sp³-hybridized carbons (Fsp3) is 0.387. The van der Waals surface area contributed by atoms with Crippen molar-refractivity contribution in [2.75, 3.05) is 62.2 Å². The van der Waals surface area contributed by atoms with Gasteiger partial charge < -0.3 is 9.80 Å². The van der Waals surface area contributed by atoms with E-state index in [0.717, 1.165) is 56.1 Å². The molecule has 2 atom stereocenters. The Labute approximate surface area is 282 Å². The Kier molecular flexibility index (Phi) is 10.1. The number of halogens is 4. The maximum Gasteiger partial charge on any atom is 0.167 e. The van der Waals surface area contributed by atoms with Gasteiger partial charge in [0.05, 0.1) is 43.0 Å².